The zero-order valence-electron chi connectivity index (χ0n) is 22.8. The van der Waals surface area contributed by atoms with Crippen LogP contribution in [0.25, 0.3) is 0 Å². The molecule has 0 radical (unpaired) electrons. The van der Waals surface area contributed by atoms with Gasteiger partial charge in [0.15, 0.2) is 0 Å². The van der Waals surface area contributed by atoms with Gasteiger partial charge in [-0.15, -0.1) is 0 Å². The van der Waals surface area contributed by atoms with Gasteiger partial charge in [0.05, 0.1) is 18.9 Å². The predicted molar refractivity (Wildman–Crippen MR) is 149 cm³/mol. The van der Waals surface area contributed by atoms with Crippen LogP contribution in [0.4, 0.5) is 0 Å². The third-order valence-electron chi connectivity index (χ3n) is 7.06. The number of hydrogen-bond donors (Lipinski definition) is 0. The van der Waals surface area contributed by atoms with Crippen LogP contribution in [0.2, 0.25) is 0 Å². The first kappa shape index (κ1) is 29.8. The van der Waals surface area contributed by atoms with Crippen molar-refractivity contribution in [1.29, 1.82) is 0 Å². The van der Waals surface area contributed by atoms with Crippen molar-refractivity contribution in [2.24, 2.45) is 0 Å². The van der Waals surface area contributed by atoms with E-state index < -0.39 is 10.0 Å². The molecule has 1 fully saturated rings. The fourth-order valence-corrected chi connectivity index (χ4v) is 5.86. The highest BCUT2D eigenvalue weighted by Crippen LogP contribution is 2.22. The second-order valence-electron chi connectivity index (χ2n) is 9.77. The van der Waals surface area contributed by atoms with Crippen molar-refractivity contribution in [3.8, 4) is 0 Å². The molecule has 2 aromatic rings. The minimum atomic E-state index is -3.49. The Morgan fingerprint density at radius 1 is 1.00 bits per heavy atom. The third-order valence-corrected chi connectivity index (χ3v) is 8.89. The number of benzene rings is 2. The summed E-state index contributed by atoms with van der Waals surface area (Å²) >= 11 is 0. The van der Waals surface area contributed by atoms with Crippen LogP contribution in [0.3, 0.4) is 0 Å². The van der Waals surface area contributed by atoms with Crippen LogP contribution in [0.5, 0.6) is 0 Å². The molecule has 208 valence electrons. The third kappa shape index (κ3) is 8.38. The highest BCUT2D eigenvalue weighted by Gasteiger charge is 2.32. The summed E-state index contributed by atoms with van der Waals surface area (Å²) in [7, 11) is -3.49. The molecule has 2 amide bonds. The van der Waals surface area contributed by atoms with Crippen molar-refractivity contribution >= 4 is 21.8 Å². The van der Waals surface area contributed by atoms with Gasteiger partial charge >= 0.3 is 0 Å². The fourth-order valence-electron chi connectivity index (χ4n) is 4.73. The number of likely N-dealkylation sites (tertiary alicyclic amines) is 1. The Labute approximate surface area is 227 Å². The van der Waals surface area contributed by atoms with Crippen LogP contribution in [0.15, 0.2) is 54.6 Å². The molecule has 2 aromatic carbocycles. The molecule has 0 aromatic heterocycles. The molecular formula is C29H41N3O5S. The molecule has 0 aliphatic carbocycles. The number of ether oxygens (including phenoxy) is 1. The summed E-state index contributed by atoms with van der Waals surface area (Å²) in [5.74, 6) is -0.292. The molecule has 3 rings (SSSR count). The van der Waals surface area contributed by atoms with E-state index in [9.17, 15) is 18.0 Å². The van der Waals surface area contributed by atoms with Crippen LogP contribution in [0.1, 0.15) is 49.8 Å². The quantitative estimate of drug-likeness (QED) is 0.385. The lowest BCUT2D eigenvalue weighted by molar-refractivity contribution is -0.140. The molecular weight excluding hydrogens is 502 g/mol. The van der Waals surface area contributed by atoms with Crippen molar-refractivity contribution in [2.75, 3.05) is 38.5 Å². The molecule has 0 saturated carbocycles. The molecule has 1 heterocycles. The van der Waals surface area contributed by atoms with E-state index in [4.69, 9.17) is 4.74 Å². The van der Waals surface area contributed by atoms with Crippen LogP contribution >= 0.6 is 0 Å². The lowest BCUT2D eigenvalue weighted by Crippen LogP contribution is -2.52. The van der Waals surface area contributed by atoms with Crippen molar-refractivity contribution in [3.05, 3.63) is 71.3 Å². The van der Waals surface area contributed by atoms with E-state index in [1.54, 1.807) is 11.8 Å². The van der Waals surface area contributed by atoms with Crippen LogP contribution < -0.4 is 0 Å². The summed E-state index contributed by atoms with van der Waals surface area (Å²) < 4.78 is 32.2. The standard InChI is InChI=1S/C29H41N3O5S/c1-4-17-31(38(35,36)5-2)21-28(33)32(20-26-14-10-9-11-24(26)3)27-15-18-30(19-16-27)29(34)23-37-22-25-12-7-6-8-13-25/h6-14,27H,4-5,15-23H2,1-3H3. The van der Waals surface area contributed by atoms with Gasteiger partial charge in [0, 0.05) is 32.2 Å². The number of carbonyl (C=O) groups excluding carboxylic acids is 2. The molecule has 0 atom stereocenters. The lowest BCUT2D eigenvalue weighted by Gasteiger charge is -2.39. The molecule has 8 nitrogen and oxygen atoms in total. The molecule has 38 heavy (non-hydrogen) atoms. The van der Waals surface area contributed by atoms with Crippen LogP contribution in [0, 0.1) is 6.92 Å². The molecule has 0 spiro atoms. The second kappa shape index (κ2) is 14.4. The SMILES string of the molecule is CCCN(CC(=O)N(Cc1ccccc1C)C1CCN(C(=O)COCc2ccccc2)CC1)S(=O)(=O)CC. The maximum atomic E-state index is 13.6. The zero-order valence-corrected chi connectivity index (χ0v) is 23.7. The first-order valence-corrected chi connectivity index (χ1v) is 15.1. The summed E-state index contributed by atoms with van der Waals surface area (Å²) in [6.07, 6.45) is 1.91. The number of nitrogens with zero attached hydrogens (tertiary/aromatic N) is 3. The summed E-state index contributed by atoms with van der Waals surface area (Å²) in [6, 6.07) is 17.6. The Morgan fingerprint density at radius 2 is 1.66 bits per heavy atom. The average Bonchev–Trinajstić information content (AvgIpc) is 2.93. The Morgan fingerprint density at radius 3 is 2.29 bits per heavy atom. The van der Waals surface area contributed by atoms with Gasteiger partial charge in [-0.3, -0.25) is 9.59 Å². The Bertz CT molecular complexity index is 1150. The van der Waals surface area contributed by atoms with E-state index in [1.807, 2.05) is 73.3 Å². The number of rotatable bonds is 13. The number of carbonyl (C=O) groups is 2. The van der Waals surface area contributed by atoms with Gasteiger partial charge in [-0.05, 0) is 49.8 Å². The van der Waals surface area contributed by atoms with E-state index in [0.717, 1.165) is 16.7 Å². The number of hydrogen-bond acceptors (Lipinski definition) is 5. The maximum absolute atomic E-state index is 13.6. The highest BCUT2D eigenvalue weighted by atomic mass is 32.2. The van der Waals surface area contributed by atoms with Crippen molar-refractivity contribution in [1.82, 2.24) is 14.1 Å². The van der Waals surface area contributed by atoms with Gasteiger partial charge in [-0.2, -0.15) is 4.31 Å². The van der Waals surface area contributed by atoms with Gasteiger partial charge in [-0.25, -0.2) is 8.42 Å². The van der Waals surface area contributed by atoms with E-state index in [1.165, 1.54) is 4.31 Å². The van der Waals surface area contributed by atoms with Crippen molar-refractivity contribution in [3.63, 3.8) is 0 Å². The average molecular weight is 544 g/mol. The summed E-state index contributed by atoms with van der Waals surface area (Å²) in [5, 5.41) is 0. The smallest absolute Gasteiger partial charge is 0.248 e. The Hall–Kier alpha value is -2.75. The molecule has 1 aliphatic heterocycles. The maximum Gasteiger partial charge on any atom is 0.248 e. The first-order valence-electron chi connectivity index (χ1n) is 13.5. The topological polar surface area (TPSA) is 87.2 Å². The Balaban J connectivity index is 1.65. The predicted octanol–water partition coefficient (Wildman–Crippen LogP) is 3.59. The van der Waals surface area contributed by atoms with Gasteiger partial charge in [0.25, 0.3) is 0 Å². The number of amides is 2. The van der Waals surface area contributed by atoms with E-state index >= 15 is 0 Å². The molecule has 1 saturated heterocycles. The summed E-state index contributed by atoms with van der Waals surface area (Å²) in [4.78, 5) is 30.0. The minimum absolute atomic E-state index is 0.0201. The van der Waals surface area contributed by atoms with E-state index in [0.29, 0.717) is 52.0 Å². The first-order chi connectivity index (χ1) is 18.2. The molecule has 1 aliphatic rings. The van der Waals surface area contributed by atoms with Gasteiger partial charge < -0.3 is 14.5 Å². The summed E-state index contributed by atoms with van der Waals surface area (Å²) in [5.41, 5.74) is 3.14. The molecule has 0 bridgehead atoms. The van der Waals surface area contributed by atoms with Gasteiger partial charge in [-0.1, -0.05) is 61.5 Å². The zero-order chi connectivity index (χ0) is 27.5. The number of sulfonamides is 1. The molecule has 0 unspecified atom stereocenters. The molecule has 0 N–H and O–H groups in total. The van der Waals surface area contributed by atoms with Gasteiger partial charge in [0.2, 0.25) is 21.8 Å². The van der Waals surface area contributed by atoms with E-state index in [2.05, 4.69) is 0 Å². The van der Waals surface area contributed by atoms with Crippen molar-refractivity contribution < 1.29 is 22.7 Å². The lowest BCUT2D eigenvalue weighted by atomic mass is 10.0. The fraction of sp³-hybridized carbons (Fsp3) is 0.517. The van der Waals surface area contributed by atoms with Gasteiger partial charge in [0.1, 0.15) is 6.61 Å². The highest BCUT2D eigenvalue weighted by molar-refractivity contribution is 7.89. The minimum Gasteiger partial charge on any atom is -0.367 e. The number of piperidine rings is 1. The van der Waals surface area contributed by atoms with Crippen LogP contribution in [-0.4, -0.2) is 78.9 Å². The normalized spacial score (nSPS) is 14.6. The largest absolute Gasteiger partial charge is 0.367 e. The van der Waals surface area contributed by atoms with Crippen LogP contribution in [-0.2, 0) is 37.5 Å². The van der Waals surface area contributed by atoms with E-state index in [-0.39, 0.29) is 36.8 Å². The molecule has 9 heteroatoms. The van der Waals surface area contributed by atoms with Crippen molar-refractivity contribution in [2.45, 2.75) is 59.2 Å². The number of aryl methyl sites for hydroxylation is 1. The Kier molecular flexibility index (Phi) is 11.3. The monoisotopic (exact) mass is 543 g/mol. The summed E-state index contributed by atoms with van der Waals surface area (Å²) in [6.45, 7) is 7.55. The second-order valence-corrected chi connectivity index (χ2v) is 12.0.